The van der Waals surface area contributed by atoms with Crippen molar-refractivity contribution in [2.75, 3.05) is 44.3 Å². The lowest BCUT2D eigenvalue weighted by Crippen LogP contribution is -2.44. The normalized spacial score (nSPS) is 25.3. The first-order valence-corrected chi connectivity index (χ1v) is 7.70. The average Bonchev–Trinajstić information content (AvgIpc) is 2.97. The lowest BCUT2D eigenvalue weighted by molar-refractivity contribution is 0.0209. The van der Waals surface area contributed by atoms with Gasteiger partial charge in [-0.3, -0.25) is 4.90 Å². The molecular weight excluding hydrogens is 271 g/mol. The monoisotopic (exact) mass is 294 g/mol. The largest absolute Gasteiger partial charge is 0.389 e. The molecule has 0 radical (unpaired) electrons. The Morgan fingerprint density at radius 3 is 2.76 bits per heavy atom. The molecule has 0 aliphatic carbocycles. The Bertz CT molecular complexity index is 489. The summed E-state index contributed by atoms with van der Waals surface area (Å²) < 4.78 is 19.4. The molecule has 2 atom stereocenters. The van der Waals surface area contributed by atoms with E-state index in [1.165, 1.54) is 6.07 Å². The van der Waals surface area contributed by atoms with Crippen molar-refractivity contribution < 1.29 is 14.2 Å². The van der Waals surface area contributed by atoms with Gasteiger partial charge in [0.05, 0.1) is 19.3 Å². The van der Waals surface area contributed by atoms with Crippen LogP contribution >= 0.6 is 0 Å². The number of aliphatic hydroxyl groups excluding tert-OH is 1. The fourth-order valence-electron chi connectivity index (χ4n) is 3.42. The molecule has 0 bridgehead atoms. The van der Waals surface area contributed by atoms with Gasteiger partial charge in [0, 0.05) is 43.5 Å². The zero-order chi connectivity index (χ0) is 14.8. The first-order chi connectivity index (χ1) is 10.2. The molecule has 1 aromatic carbocycles. The van der Waals surface area contributed by atoms with E-state index in [2.05, 4.69) is 9.80 Å². The zero-order valence-corrected chi connectivity index (χ0v) is 12.5. The van der Waals surface area contributed by atoms with Crippen LogP contribution in [-0.4, -0.2) is 55.4 Å². The Morgan fingerprint density at radius 1 is 1.29 bits per heavy atom. The molecule has 2 aliphatic rings. The van der Waals surface area contributed by atoms with Gasteiger partial charge in [0.1, 0.15) is 5.82 Å². The second kappa shape index (κ2) is 6.30. The molecule has 3 rings (SSSR count). The van der Waals surface area contributed by atoms with Crippen LogP contribution < -0.4 is 4.90 Å². The molecule has 2 heterocycles. The Kier molecular flexibility index (Phi) is 4.42. The molecule has 4 nitrogen and oxygen atoms in total. The average molecular weight is 294 g/mol. The van der Waals surface area contributed by atoms with E-state index in [9.17, 15) is 9.50 Å². The Labute approximate surface area is 125 Å². The number of benzene rings is 1. The molecule has 0 aromatic heterocycles. The molecular formula is C16H23FN2O2. The first-order valence-electron chi connectivity index (χ1n) is 7.70. The van der Waals surface area contributed by atoms with Crippen molar-refractivity contribution in [3.8, 4) is 0 Å². The van der Waals surface area contributed by atoms with Crippen molar-refractivity contribution in [2.24, 2.45) is 0 Å². The van der Waals surface area contributed by atoms with Crippen LogP contribution in [0.2, 0.25) is 0 Å². The summed E-state index contributed by atoms with van der Waals surface area (Å²) in [6.45, 7) is 6.98. The van der Waals surface area contributed by atoms with Crippen LogP contribution in [0.15, 0.2) is 18.2 Å². The Hall–Kier alpha value is -1.17. The van der Waals surface area contributed by atoms with Crippen molar-refractivity contribution in [3.63, 3.8) is 0 Å². The molecule has 0 saturated carbocycles. The summed E-state index contributed by atoms with van der Waals surface area (Å²) in [5, 5.41) is 9.87. The number of hydrogen-bond donors (Lipinski definition) is 1. The van der Waals surface area contributed by atoms with Crippen molar-refractivity contribution >= 4 is 5.69 Å². The van der Waals surface area contributed by atoms with Gasteiger partial charge in [-0.1, -0.05) is 6.07 Å². The van der Waals surface area contributed by atoms with Crippen LogP contribution in [0, 0.1) is 5.82 Å². The zero-order valence-electron chi connectivity index (χ0n) is 12.5. The quantitative estimate of drug-likeness (QED) is 0.922. The number of halogens is 1. The molecule has 2 saturated heterocycles. The fourth-order valence-corrected chi connectivity index (χ4v) is 3.42. The predicted octanol–water partition coefficient (Wildman–Crippen LogP) is 1.79. The van der Waals surface area contributed by atoms with Crippen LogP contribution in [0.3, 0.4) is 0 Å². The minimum atomic E-state index is -0.788. The van der Waals surface area contributed by atoms with Gasteiger partial charge in [-0.15, -0.1) is 0 Å². The van der Waals surface area contributed by atoms with Gasteiger partial charge in [-0.05, 0) is 25.5 Å². The highest BCUT2D eigenvalue weighted by Gasteiger charge is 2.30. The fraction of sp³-hybridized carbons (Fsp3) is 0.625. The van der Waals surface area contributed by atoms with Gasteiger partial charge in [0.15, 0.2) is 0 Å². The minimum Gasteiger partial charge on any atom is -0.389 e. The van der Waals surface area contributed by atoms with E-state index in [0.717, 1.165) is 51.5 Å². The lowest BCUT2D eigenvalue weighted by atomic mass is 10.1. The van der Waals surface area contributed by atoms with Crippen LogP contribution in [0.5, 0.6) is 0 Å². The topological polar surface area (TPSA) is 35.9 Å². The summed E-state index contributed by atoms with van der Waals surface area (Å²) in [6.07, 6.45) is 0.291. The number of aliphatic hydroxyl groups is 1. The van der Waals surface area contributed by atoms with Crippen LogP contribution in [-0.2, 0) is 4.74 Å². The van der Waals surface area contributed by atoms with Gasteiger partial charge < -0.3 is 14.7 Å². The highest BCUT2D eigenvalue weighted by Crippen LogP contribution is 2.32. The maximum Gasteiger partial charge on any atom is 0.131 e. The summed E-state index contributed by atoms with van der Waals surface area (Å²) in [7, 11) is 0. The predicted molar refractivity (Wildman–Crippen MR) is 80.0 cm³/mol. The summed E-state index contributed by atoms with van der Waals surface area (Å²) in [6, 6.07) is 5.55. The molecule has 21 heavy (non-hydrogen) atoms. The van der Waals surface area contributed by atoms with E-state index in [0.29, 0.717) is 11.6 Å². The molecule has 2 aliphatic heterocycles. The number of hydrogen-bond acceptors (Lipinski definition) is 4. The maximum absolute atomic E-state index is 14.0. The molecule has 2 fully saturated rings. The van der Waals surface area contributed by atoms with E-state index < -0.39 is 6.10 Å². The van der Waals surface area contributed by atoms with Crippen molar-refractivity contribution in [1.29, 1.82) is 0 Å². The second-order valence-electron chi connectivity index (χ2n) is 5.89. The van der Waals surface area contributed by atoms with Gasteiger partial charge in [0.2, 0.25) is 0 Å². The molecule has 1 aromatic rings. The van der Waals surface area contributed by atoms with E-state index in [1.54, 1.807) is 13.0 Å². The second-order valence-corrected chi connectivity index (χ2v) is 5.89. The number of nitrogens with zero attached hydrogens (tertiary/aromatic N) is 2. The third-order valence-corrected chi connectivity index (χ3v) is 4.51. The molecule has 0 amide bonds. The number of morpholine rings is 1. The van der Waals surface area contributed by atoms with Crippen LogP contribution in [0.25, 0.3) is 0 Å². The SMILES string of the molecule is C[C@H](O)c1c(F)cccc1N1CCC(N2CCOCC2)C1. The minimum absolute atomic E-state index is 0.322. The molecule has 1 unspecified atom stereocenters. The van der Waals surface area contributed by atoms with Gasteiger partial charge >= 0.3 is 0 Å². The summed E-state index contributed by atoms with van der Waals surface area (Å²) in [4.78, 5) is 4.66. The van der Waals surface area contributed by atoms with Gasteiger partial charge in [0.25, 0.3) is 0 Å². The smallest absolute Gasteiger partial charge is 0.131 e. The van der Waals surface area contributed by atoms with Crippen molar-refractivity contribution in [2.45, 2.75) is 25.5 Å². The van der Waals surface area contributed by atoms with Gasteiger partial charge in [-0.2, -0.15) is 0 Å². The molecule has 0 spiro atoms. The third-order valence-electron chi connectivity index (χ3n) is 4.51. The lowest BCUT2D eigenvalue weighted by Gasteiger charge is -2.32. The van der Waals surface area contributed by atoms with Crippen LogP contribution in [0.4, 0.5) is 10.1 Å². The highest BCUT2D eigenvalue weighted by atomic mass is 19.1. The molecule has 116 valence electrons. The molecule has 5 heteroatoms. The van der Waals surface area contributed by atoms with E-state index in [1.807, 2.05) is 6.07 Å². The van der Waals surface area contributed by atoms with Gasteiger partial charge in [-0.25, -0.2) is 4.39 Å². The van der Waals surface area contributed by atoms with Crippen molar-refractivity contribution in [1.82, 2.24) is 4.90 Å². The Morgan fingerprint density at radius 2 is 2.05 bits per heavy atom. The summed E-state index contributed by atoms with van der Waals surface area (Å²) in [5.41, 5.74) is 1.25. The van der Waals surface area contributed by atoms with E-state index >= 15 is 0 Å². The van der Waals surface area contributed by atoms with E-state index in [4.69, 9.17) is 4.74 Å². The number of rotatable bonds is 3. The van der Waals surface area contributed by atoms with Crippen LogP contribution in [0.1, 0.15) is 25.0 Å². The maximum atomic E-state index is 14.0. The Balaban J connectivity index is 1.75. The summed E-state index contributed by atoms with van der Waals surface area (Å²) in [5.74, 6) is -0.322. The standard InChI is InChI=1S/C16H23FN2O2/c1-12(20)16-14(17)3-2-4-15(16)19-6-5-13(11-19)18-7-9-21-10-8-18/h2-4,12-13,20H,5-11H2,1H3/t12-,13?/m0/s1. The van der Waals surface area contributed by atoms with Crippen molar-refractivity contribution in [3.05, 3.63) is 29.6 Å². The first kappa shape index (κ1) is 14.8. The number of anilines is 1. The van der Waals surface area contributed by atoms with E-state index in [-0.39, 0.29) is 5.82 Å². The summed E-state index contributed by atoms with van der Waals surface area (Å²) >= 11 is 0. The highest BCUT2D eigenvalue weighted by molar-refractivity contribution is 5.56. The number of ether oxygens (including phenoxy) is 1. The third kappa shape index (κ3) is 3.05. The molecule has 1 N–H and O–H groups in total.